The van der Waals surface area contributed by atoms with Gasteiger partial charge < -0.3 is 29.1 Å². The molecule has 0 aromatic carbocycles. The van der Waals surface area contributed by atoms with Gasteiger partial charge in [0.1, 0.15) is 0 Å². The van der Waals surface area contributed by atoms with Crippen LogP contribution < -0.4 is 5.32 Å². The Bertz CT molecular complexity index is 585. The number of hydrogen-bond donors (Lipinski definition) is 1. The van der Waals surface area contributed by atoms with Crippen molar-refractivity contribution in [2.75, 3.05) is 59.4 Å². The molecule has 0 bridgehead atoms. The number of rotatable bonds is 22. The molecule has 34 heavy (non-hydrogen) atoms. The van der Waals surface area contributed by atoms with Gasteiger partial charge in [-0.15, -0.1) is 5.06 Å². The van der Waals surface area contributed by atoms with E-state index in [0.717, 1.165) is 12.8 Å². The van der Waals surface area contributed by atoms with Crippen molar-refractivity contribution in [2.45, 2.75) is 64.7 Å². The summed E-state index contributed by atoms with van der Waals surface area (Å²) in [5, 5.41) is 3.37. The van der Waals surface area contributed by atoms with E-state index in [1.807, 2.05) is 0 Å². The molecule has 3 amide bonds. The van der Waals surface area contributed by atoms with E-state index in [0.29, 0.717) is 64.3 Å². The van der Waals surface area contributed by atoms with E-state index in [-0.39, 0.29) is 31.8 Å². The molecule has 0 unspecified atom stereocenters. The molecule has 0 aliphatic carbocycles. The molecule has 0 aromatic heterocycles. The van der Waals surface area contributed by atoms with E-state index >= 15 is 0 Å². The van der Waals surface area contributed by atoms with Gasteiger partial charge in [-0.25, -0.2) is 4.79 Å². The van der Waals surface area contributed by atoms with Gasteiger partial charge >= 0.3 is 5.97 Å². The van der Waals surface area contributed by atoms with Crippen LogP contribution in [0, 0.1) is 0 Å². The number of nitrogens with zero attached hydrogens (tertiary/aromatic N) is 1. The molecule has 1 saturated heterocycles. The molecule has 11 heteroatoms. The lowest BCUT2D eigenvalue weighted by atomic mass is 10.1. The molecule has 11 nitrogen and oxygen atoms in total. The minimum Gasteiger partial charge on any atom is -0.378 e. The highest BCUT2D eigenvalue weighted by molar-refractivity contribution is 6.01. The Kier molecular flexibility index (Phi) is 17.9. The summed E-state index contributed by atoms with van der Waals surface area (Å²) in [7, 11) is 0. The highest BCUT2D eigenvalue weighted by atomic mass is 16.7. The van der Waals surface area contributed by atoms with Crippen molar-refractivity contribution in [1.82, 2.24) is 10.4 Å². The van der Waals surface area contributed by atoms with E-state index in [2.05, 4.69) is 12.2 Å². The van der Waals surface area contributed by atoms with Gasteiger partial charge in [0.15, 0.2) is 0 Å². The second-order valence-corrected chi connectivity index (χ2v) is 7.76. The average molecular weight is 489 g/mol. The Balaban J connectivity index is 1.77. The molecule has 1 rings (SSSR count). The first-order chi connectivity index (χ1) is 16.5. The van der Waals surface area contributed by atoms with Gasteiger partial charge in [0, 0.05) is 25.8 Å². The second kappa shape index (κ2) is 20.3. The lowest BCUT2D eigenvalue weighted by molar-refractivity contribution is -0.198. The molecule has 0 radical (unpaired) electrons. The number of carbonyl (C=O) groups is 4. The summed E-state index contributed by atoms with van der Waals surface area (Å²) >= 11 is 0. The number of ether oxygens (including phenoxy) is 4. The first-order valence-electron chi connectivity index (χ1n) is 12.2. The third-order valence-corrected chi connectivity index (χ3v) is 4.84. The predicted molar refractivity (Wildman–Crippen MR) is 121 cm³/mol. The Labute approximate surface area is 201 Å². The number of carbonyl (C=O) groups excluding carboxylic acids is 4. The number of imide groups is 1. The topological polar surface area (TPSA) is 130 Å². The van der Waals surface area contributed by atoms with Crippen molar-refractivity contribution in [3.05, 3.63) is 0 Å². The van der Waals surface area contributed by atoms with E-state index in [9.17, 15) is 19.2 Å². The molecule has 1 fully saturated rings. The molecule has 1 aliphatic rings. The first-order valence-corrected chi connectivity index (χ1v) is 12.2. The fraction of sp³-hybridized carbons (Fsp3) is 0.826. The molecule has 0 aromatic rings. The second-order valence-electron chi connectivity index (χ2n) is 7.76. The zero-order valence-corrected chi connectivity index (χ0v) is 20.3. The van der Waals surface area contributed by atoms with Crippen molar-refractivity contribution < 1.29 is 43.0 Å². The third-order valence-electron chi connectivity index (χ3n) is 4.84. The van der Waals surface area contributed by atoms with Crippen molar-refractivity contribution in [1.29, 1.82) is 0 Å². The van der Waals surface area contributed by atoms with Crippen molar-refractivity contribution in [2.24, 2.45) is 0 Å². The fourth-order valence-corrected chi connectivity index (χ4v) is 2.96. The van der Waals surface area contributed by atoms with Gasteiger partial charge in [0.25, 0.3) is 11.8 Å². The maximum Gasteiger partial charge on any atom is 0.335 e. The zero-order chi connectivity index (χ0) is 24.9. The molecule has 0 atom stereocenters. The largest absolute Gasteiger partial charge is 0.378 e. The number of nitrogens with one attached hydrogen (secondary N) is 1. The summed E-state index contributed by atoms with van der Waals surface area (Å²) in [5.74, 6) is -1.63. The standard InChI is InChI=1S/C23H40N2O9/c1-2-3-4-5-6-7-20(26)24-11-13-31-15-17-33-19-18-32-16-14-30-12-10-23(29)34-25-21(27)8-9-22(25)28/h2-19H2,1H3,(H,24,26). The summed E-state index contributed by atoms with van der Waals surface area (Å²) in [6.07, 6.45) is 6.31. The fourth-order valence-electron chi connectivity index (χ4n) is 2.96. The van der Waals surface area contributed by atoms with Crippen LogP contribution in [0.5, 0.6) is 0 Å². The van der Waals surface area contributed by atoms with Crippen LogP contribution in [-0.4, -0.2) is 88.2 Å². The Hall–Kier alpha value is -2.08. The van der Waals surface area contributed by atoms with Crippen LogP contribution in [0.25, 0.3) is 0 Å². The number of unbranched alkanes of at least 4 members (excludes halogenated alkanes) is 4. The minimum absolute atomic E-state index is 0.0652. The summed E-state index contributed by atoms with van der Waals surface area (Å²) in [5.41, 5.74) is 0. The molecule has 1 N–H and O–H groups in total. The van der Waals surface area contributed by atoms with Crippen LogP contribution >= 0.6 is 0 Å². The maximum atomic E-state index is 11.7. The Morgan fingerprint density at radius 1 is 0.735 bits per heavy atom. The summed E-state index contributed by atoms with van der Waals surface area (Å²) in [6.45, 7) is 5.58. The number of hydroxylamine groups is 2. The van der Waals surface area contributed by atoms with Gasteiger partial charge in [-0.3, -0.25) is 14.4 Å². The lowest BCUT2D eigenvalue weighted by Crippen LogP contribution is -2.32. The molecule has 0 spiro atoms. The average Bonchev–Trinajstić information content (AvgIpc) is 3.13. The van der Waals surface area contributed by atoms with Gasteiger partial charge in [-0.2, -0.15) is 0 Å². The van der Waals surface area contributed by atoms with Crippen LogP contribution in [0.4, 0.5) is 0 Å². The normalized spacial score (nSPS) is 13.5. The lowest BCUT2D eigenvalue weighted by Gasteiger charge is -2.12. The Morgan fingerprint density at radius 3 is 1.85 bits per heavy atom. The highest BCUT2D eigenvalue weighted by Gasteiger charge is 2.32. The van der Waals surface area contributed by atoms with Gasteiger partial charge in [-0.05, 0) is 6.42 Å². The monoisotopic (exact) mass is 488 g/mol. The van der Waals surface area contributed by atoms with Crippen LogP contribution in [-0.2, 0) is 43.0 Å². The summed E-state index contributed by atoms with van der Waals surface area (Å²) < 4.78 is 21.4. The molecule has 1 aliphatic heterocycles. The number of amides is 3. The molecule has 1 heterocycles. The molecule has 0 saturated carbocycles. The Morgan fingerprint density at radius 2 is 1.26 bits per heavy atom. The van der Waals surface area contributed by atoms with Gasteiger partial charge in [0.05, 0.1) is 59.3 Å². The van der Waals surface area contributed by atoms with E-state index < -0.39 is 17.8 Å². The van der Waals surface area contributed by atoms with E-state index in [1.54, 1.807) is 0 Å². The predicted octanol–water partition coefficient (Wildman–Crippen LogP) is 1.53. The van der Waals surface area contributed by atoms with Crippen LogP contribution in [0.3, 0.4) is 0 Å². The minimum atomic E-state index is -0.694. The highest BCUT2D eigenvalue weighted by Crippen LogP contribution is 2.12. The van der Waals surface area contributed by atoms with Crippen molar-refractivity contribution in [3.8, 4) is 0 Å². The smallest absolute Gasteiger partial charge is 0.335 e. The molecular formula is C23H40N2O9. The number of hydrogen-bond acceptors (Lipinski definition) is 9. The van der Waals surface area contributed by atoms with E-state index in [1.165, 1.54) is 19.3 Å². The molecular weight excluding hydrogens is 448 g/mol. The maximum absolute atomic E-state index is 11.7. The van der Waals surface area contributed by atoms with Gasteiger partial charge in [-0.1, -0.05) is 32.6 Å². The van der Waals surface area contributed by atoms with Crippen molar-refractivity contribution >= 4 is 23.7 Å². The SMILES string of the molecule is CCCCCCCC(=O)NCCOCCOCCOCCOCCC(=O)ON1C(=O)CCC1=O. The van der Waals surface area contributed by atoms with Crippen LogP contribution in [0.15, 0.2) is 0 Å². The van der Waals surface area contributed by atoms with E-state index in [4.69, 9.17) is 23.8 Å². The summed E-state index contributed by atoms with van der Waals surface area (Å²) in [6, 6.07) is 0. The summed E-state index contributed by atoms with van der Waals surface area (Å²) in [4.78, 5) is 50.6. The third kappa shape index (κ3) is 15.7. The van der Waals surface area contributed by atoms with Crippen LogP contribution in [0.1, 0.15) is 64.7 Å². The zero-order valence-electron chi connectivity index (χ0n) is 20.3. The first kappa shape index (κ1) is 30.0. The molecule has 196 valence electrons. The van der Waals surface area contributed by atoms with Gasteiger partial charge in [0.2, 0.25) is 5.91 Å². The quantitative estimate of drug-likeness (QED) is 0.178. The van der Waals surface area contributed by atoms with Crippen LogP contribution in [0.2, 0.25) is 0 Å². The van der Waals surface area contributed by atoms with Crippen molar-refractivity contribution in [3.63, 3.8) is 0 Å².